The molecule has 0 spiro atoms. The molecule has 114 valence electrons. The molecular weight excluding hydrogens is 302 g/mol. The molecule has 0 saturated carbocycles. The van der Waals surface area contributed by atoms with Crippen LogP contribution in [0.25, 0.3) is 10.8 Å². The van der Waals surface area contributed by atoms with Gasteiger partial charge < -0.3 is 5.32 Å². The normalized spacial score (nSPS) is 10.8. The molecule has 3 nitrogen and oxygen atoms in total. The highest BCUT2D eigenvalue weighted by atomic mass is 32.1. The second kappa shape index (κ2) is 7.03. The van der Waals surface area contributed by atoms with Crippen LogP contribution in [0, 0.1) is 6.92 Å². The molecule has 3 aromatic carbocycles. The first-order valence-electron chi connectivity index (χ1n) is 7.37. The van der Waals surface area contributed by atoms with E-state index in [2.05, 4.69) is 34.0 Å². The molecule has 23 heavy (non-hydrogen) atoms. The van der Waals surface area contributed by atoms with E-state index in [0.717, 1.165) is 16.6 Å². The van der Waals surface area contributed by atoms with Crippen molar-refractivity contribution in [2.75, 3.05) is 5.32 Å². The van der Waals surface area contributed by atoms with Gasteiger partial charge in [0.05, 0.1) is 6.21 Å². The Labute approximate surface area is 141 Å². The summed E-state index contributed by atoms with van der Waals surface area (Å²) >= 11 is 5.25. The van der Waals surface area contributed by atoms with Gasteiger partial charge in [-0.1, -0.05) is 54.6 Å². The van der Waals surface area contributed by atoms with Crippen molar-refractivity contribution in [1.29, 1.82) is 0 Å². The molecule has 0 fully saturated rings. The highest BCUT2D eigenvalue weighted by Gasteiger charge is 1.98. The number of nitrogens with zero attached hydrogens (tertiary/aromatic N) is 1. The van der Waals surface area contributed by atoms with E-state index in [9.17, 15) is 0 Å². The average Bonchev–Trinajstić information content (AvgIpc) is 2.55. The molecule has 0 heterocycles. The van der Waals surface area contributed by atoms with E-state index >= 15 is 0 Å². The van der Waals surface area contributed by atoms with Crippen LogP contribution in [0.5, 0.6) is 0 Å². The van der Waals surface area contributed by atoms with Gasteiger partial charge in [0.25, 0.3) is 0 Å². The molecular formula is C19H17N3S. The lowest BCUT2D eigenvalue weighted by Gasteiger charge is -2.07. The number of hydrogen-bond donors (Lipinski definition) is 2. The first-order chi connectivity index (χ1) is 11.2. The second-order valence-corrected chi connectivity index (χ2v) is 5.67. The molecule has 0 bridgehead atoms. The minimum Gasteiger partial charge on any atom is -0.331 e. The maximum Gasteiger partial charge on any atom is 0.191 e. The maximum absolute atomic E-state index is 5.25. The molecule has 4 heteroatoms. The summed E-state index contributed by atoms with van der Waals surface area (Å²) in [4.78, 5) is 0. The van der Waals surface area contributed by atoms with Gasteiger partial charge in [0.2, 0.25) is 0 Å². The summed E-state index contributed by atoms with van der Waals surface area (Å²) in [5, 5.41) is 10.2. The van der Waals surface area contributed by atoms with Crippen LogP contribution in [-0.4, -0.2) is 11.3 Å². The standard InChI is InChI=1S/C19H17N3S/c1-14-6-4-10-17(12-14)21-19(23)22-20-13-16-9-5-8-15-7-2-3-11-18(15)16/h2-13H,1H3,(H2,21,22,23). The van der Waals surface area contributed by atoms with Crippen molar-refractivity contribution in [3.8, 4) is 0 Å². The smallest absolute Gasteiger partial charge is 0.191 e. The third kappa shape index (κ3) is 3.93. The highest BCUT2D eigenvalue weighted by Crippen LogP contribution is 2.16. The number of aryl methyl sites for hydroxylation is 1. The van der Waals surface area contributed by atoms with Crippen molar-refractivity contribution in [2.24, 2.45) is 5.10 Å². The van der Waals surface area contributed by atoms with Gasteiger partial charge >= 0.3 is 0 Å². The summed E-state index contributed by atoms with van der Waals surface area (Å²) in [5.41, 5.74) is 6.03. The first kappa shape index (κ1) is 15.2. The number of hydrazone groups is 1. The zero-order chi connectivity index (χ0) is 16.1. The number of anilines is 1. The topological polar surface area (TPSA) is 36.4 Å². The fourth-order valence-corrected chi connectivity index (χ4v) is 2.58. The zero-order valence-corrected chi connectivity index (χ0v) is 13.6. The predicted octanol–water partition coefficient (Wildman–Crippen LogP) is 4.47. The molecule has 0 aliphatic heterocycles. The molecule has 0 aliphatic rings. The van der Waals surface area contributed by atoms with Crippen molar-refractivity contribution in [1.82, 2.24) is 5.43 Å². The van der Waals surface area contributed by atoms with E-state index in [4.69, 9.17) is 12.2 Å². The molecule has 0 unspecified atom stereocenters. The van der Waals surface area contributed by atoms with Gasteiger partial charge in [-0.2, -0.15) is 5.10 Å². The van der Waals surface area contributed by atoms with Crippen molar-refractivity contribution in [3.63, 3.8) is 0 Å². The van der Waals surface area contributed by atoms with Gasteiger partial charge in [-0.15, -0.1) is 0 Å². The predicted molar refractivity (Wildman–Crippen MR) is 102 cm³/mol. The van der Waals surface area contributed by atoms with Gasteiger partial charge in [-0.05, 0) is 47.6 Å². The van der Waals surface area contributed by atoms with Crippen molar-refractivity contribution >= 4 is 40.0 Å². The zero-order valence-electron chi connectivity index (χ0n) is 12.8. The summed E-state index contributed by atoms with van der Waals surface area (Å²) in [6.45, 7) is 2.04. The van der Waals surface area contributed by atoms with Crippen LogP contribution in [0.2, 0.25) is 0 Å². The SMILES string of the molecule is Cc1cccc(NC(=S)NN=Cc2cccc3ccccc23)c1. The number of benzene rings is 3. The molecule has 2 N–H and O–H groups in total. The highest BCUT2D eigenvalue weighted by molar-refractivity contribution is 7.80. The summed E-state index contributed by atoms with van der Waals surface area (Å²) in [6.07, 6.45) is 1.78. The van der Waals surface area contributed by atoms with Crippen LogP contribution < -0.4 is 10.7 Å². The van der Waals surface area contributed by atoms with Crippen molar-refractivity contribution in [2.45, 2.75) is 6.92 Å². The van der Waals surface area contributed by atoms with E-state index in [1.807, 2.05) is 55.5 Å². The van der Waals surface area contributed by atoms with Gasteiger partial charge in [0.1, 0.15) is 0 Å². The van der Waals surface area contributed by atoms with Crippen LogP contribution in [0.3, 0.4) is 0 Å². The van der Waals surface area contributed by atoms with E-state index < -0.39 is 0 Å². The lowest BCUT2D eigenvalue weighted by molar-refractivity contribution is 1.05. The van der Waals surface area contributed by atoms with E-state index in [1.165, 1.54) is 10.9 Å². The molecule has 0 aliphatic carbocycles. The van der Waals surface area contributed by atoms with Gasteiger partial charge in [-0.3, -0.25) is 5.43 Å². The van der Waals surface area contributed by atoms with Crippen LogP contribution in [-0.2, 0) is 0 Å². The second-order valence-electron chi connectivity index (χ2n) is 5.26. The van der Waals surface area contributed by atoms with Crippen molar-refractivity contribution in [3.05, 3.63) is 77.9 Å². The maximum atomic E-state index is 5.25. The molecule has 0 amide bonds. The minimum absolute atomic E-state index is 0.465. The summed E-state index contributed by atoms with van der Waals surface area (Å²) < 4.78 is 0. The summed E-state index contributed by atoms with van der Waals surface area (Å²) in [5.74, 6) is 0. The number of thiocarbonyl (C=S) groups is 1. The Bertz CT molecular complexity index is 866. The molecule has 0 aromatic heterocycles. The third-order valence-corrected chi connectivity index (χ3v) is 3.66. The number of nitrogens with one attached hydrogen (secondary N) is 2. The van der Waals surface area contributed by atoms with Gasteiger partial charge in [0.15, 0.2) is 5.11 Å². The van der Waals surface area contributed by atoms with E-state index in [0.29, 0.717) is 5.11 Å². The van der Waals surface area contributed by atoms with E-state index in [1.54, 1.807) is 6.21 Å². The van der Waals surface area contributed by atoms with Gasteiger partial charge in [0, 0.05) is 11.3 Å². The quantitative estimate of drug-likeness (QED) is 0.425. The van der Waals surface area contributed by atoms with E-state index in [-0.39, 0.29) is 0 Å². The molecule has 0 atom stereocenters. The minimum atomic E-state index is 0.465. The van der Waals surface area contributed by atoms with Crippen molar-refractivity contribution < 1.29 is 0 Å². The number of rotatable bonds is 3. The van der Waals surface area contributed by atoms with Crippen LogP contribution >= 0.6 is 12.2 Å². The Hall–Kier alpha value is -2.72. The monoisotopic (exact) mass is 319 g/mol. The molecule has 0 radical (unpaired) electrons. The Kier molecular flexibility index (Phi) is 4.64. The number of hydrogen-bond acceptors (Lipinski definition) is 2. The average molecular weight is 319 g/mol. The largest absolute Gasteiger partial charge is 0.331 e. The summed E-state index contributed by atoms with van der Waals surface area (Å²) in [6, 6.07) is 22.4. The first-order valence-corrected chi connectivity index (χ1v) is 7.78. The Morgan fingerprint density at radius 2 is 1.78 bits per heavy atom. The fourth-order valence-electron chi connectivity index (χ4n) is 2.41. The molecule has 3 aromatic rings. The van der Waals surface area contributed by atoms with Gasteiger partial charge in [-0.25, -0.2) is 0 Å². The Morgan fingerprint density at radius 1 is 1.00 bits per heavy atom. The fraction of sp³-hybridized carbons (Fsp3) is 0.0526. The van der Waals surface area contributed by atoms with Crippen LogP contribution in [0.15, 0.2) is 71.8 Å². The third-order valence-electron chi connectivity index (χ3n) is 3.47. The Balaban J connectivity index is 1.67. The summed E-state index contributed by atoms with van der Waals surface area (Å²) in [7, 11) is 0. The lowest BCUT2D eigenvalue weighted by atomic mass is 10.1. The van der Waals surface area contributed by atoms with Crippen LogP contribution in [0.1, 0.15) is 11.1 Å². The Morgan fingerprint density at radius 3 is 2.65 bits per heavy atom. The molecule has 0 saturated heterocycles. The lowest BCUT2D eigenvalue weighted by Crippen LogP contribution is -2.23. The molecule has 3 rings (SSSR count). The van der Waals surface area contributed by atoms with Crippen LogP contribution in [0.4, 0.5) is 5.69 Å². The number of fused-ring (bicyclic) bond motifs is 1.